The van der Waals surface area contributed by atoms with Gasteiger partial charge in [-0.2, -0.15) is 0 Å². The molecule has 0 saturated heterocycles. The van der Waals surface area contributed by atoms with Crippen LogP contribution in [0.5, 0.6) is 5.75 Å². The van der Waals surface area contributed by atoms with Crippen molar-refractivity contribution in [2.24, 2.45) is 0 Å². The molecule has 0 saturated carbocycles. The Bertz CT molecular complexity index is 644. The Morgan fingerprint density at radius 3 is 2.32 bits per heavy atom. The zero-order valence-corrected chi connectivity index (χ0v) is 16.0. The molecular weight excluding hydrogens is 330 g/mol. The lowest BCUT2D eigenvalue weighted by molar-refractivity contribution is 0.298. The summed E-state index contributed by atoms with van der Waals surface area (Å²) >= 11 is 5.40. The van der Waals surface area contributed by atoms with E-state index in [9.17, 15) is 0 Å². The molecule has 2 rings (SSSR count). The second kappa shape index (κ2) is 10.0. The van der Waals surface area contributed by atoms with Crippen LogP contribution in [-0.2, 0) is 6.42 Å². The van der Waals surface area contributed by atoms with Crippen LogP contribution in [0.3, 0.4) is 0 Å². The molecule has 2 aromatic rings. The third-order valence-electron chi connectivity index (χ3n) is 4.12. The molecule has 0 spiro atoms. The van der Waals surface area contributed by atoms with Gasteiger partial charge in [0.25, 0.3) is 0 Å². The van der Waals surface area contributed by atoms with E-state index in [0.717, 1.165) is 25.3 Å². The molecule has 0 radical (unpaired) electrons. The summed E-state index contributed by atoms with van der Waals surface area (Å²) in [5.41, 5.74) is 2.53. The molecule has 1 atom stereocenters. The standard InChI is InChI=1S/C20H27N3OS/c1-23(2)19(17-7-5-4-6-8-17)15-22-20(25)21-14-13-16-9-11-18(24-3)12-10-16/h4-12,19H,13-15H2,1-3H3,(H2,21,22,25). The molecule has 0 bridgehead atoms. The quantitative estimate of drug-likeness (QED) is 0.711. The van der Waals surface area contributed by atoms with Gasteiger partial charge < -0.3 is 20.3 Å². The molecule has 5 heteroatoms. The van der Waals surface area contributed by atoms with Gasteiger partial charge in [-0.1, -0.05) is 42.5 Å². The van der Waals surface area contributed by atoms with E-state index in [-0.39, 0.29) is 6.04 Å². The summed E-state index contributed by atoms with van der Waals surface area (Å²) in [6, 6.07) is 18.9. The van der Waals surface area contributed by atoms with Crippen molar-refractivity contribution >= 4 is 17.3 Å². The SMILES string of the molecule is COc1ccc(CCNC(=S)NCC(c2ccccc2)N(C)C)cc1. The Morgan fingerprint density at radius 1 is 1.04 bits per heavy atom. The number of hydrogen-bond donors (Lipinski definition) is 2. The van der Waals surface area contributed by atoms with Crippen LogP contribution in [0.4, 0.5) is 0 Å². The highest BCUT2D eigenvalue weighted by molar-refractivity contribution is 7.80. The zero-order valence-electron chi connectivity index (χ0n) is 15.2. The first kappa shape index (κ1) is 19.2. The van der Waals surface area contributed by atoms with Crippen LogP contribution < -0.4 is 15.4 Å². The van der Waals surface area contributed by atoms with Gasteiger partial charge in [0, 0.05) is 13.1 Å². The molecule has 4 nitrogen and oxygen atoms in total. The van der Waals surface area contributed by atoms with Crippen molar-refractivity contribution < 1.29 is 4.74 Å². The molecule has 2 N–H and O–H groups in total. The fraction of sp³-hybridized carbons (Fsp3) is 0.350. The largest absolute Gasteiger partial charge is 0.497 e. The predicted octanol–water partition coefficient (Wildman–Crippen LogP) is 3.00. The van der Waals surface area contributed by atoms with Gasteiger partial charge >= 0.3 is 0 Å². The number of likely N-dealkylation sites (N-methyl/N-ethyl adjacent to an activating group) is 1. The summed E-state index contributed by atoms with van der Waals surface area (Å²) < 4.78 is 5.17. The van der Waals surface area contributed by atoms with E-state index >= 15 is 0 Å². The van der Waals surface area contributed by atoms with Gasteiger partial charge in [0.15, 0.2) is 5.11 Å². The summed E-state index contributed by atoms with van der Waals surface area (Å²) in [4.78, 5) is 2.20. The van der Waals surface area contributed by atoms with Crippen LogP contribution in [0.2, 0.25) is 0 Å². The molecule has 0 fully saturated rings. The maximum absolute atomic E-state index is 5.40. The average Bonchev–Trinajstić information content (AvgIpc) is 2.63. The van der Waals surface area contributed by atoms with Gasteiger partial charge in [-0.15, -0.1) is 0 Å². The number of ether oxygens (including phenoxy) is 1. The van der Waals surface area contributed by atoms with Gasteiger partial charge in [0.2, 0.25) is 0 Å². The van der Waals surface area contributed by atoms with E-state index < -0.39 is 0 Å². The minimum Gasteiger partial charge on any atom is -0.497 e. The summed E-state index contributed by atoms with van der Waals surface area (Å²) in [6.07, 6.45) is 0.918. The normalized spacial score (nSPS) is 11.8. The topological polar surface area (TPSA) is 36.5 Å². The maximum Gasteiger partial charge on any atom is 0.166 e. The van der Waals surface area contributed by atoms with Crippen molar-refractivity contribution in [1.82, 2.24) is 15.5 Å². The smallest absolute Gasteiger partial charge is 0.166 e. The second-order valence-corrected chi connectivity index (χ2v) is 6.53. The highest BCUT2D eigenvalue weighted by Crippen LogP contribution is 2.16. The molecule has 0 aromatic heterocycles. The highest BCUT2D eigenvalue weighted by atomic mass is 32.1. The van der Waals surface area contributed by atoms with Crippen LogP contribution >= 0.6 is 12.2 Å². The van der Waals surface area contributed by atoms with Gasteiger partial charge in [0.05, 0.1) is 13.2 Å². The molecule has 0 heterocycles. The summed E-state index contributed by atoms with van der Waals surface area (Å²) in [6.45, 7) is 1.57. The lowest BCUT2D eigenvalue weighted by Crippen LogP contribution is -2.41. The number of nitrogens with one attached hydrogen (secondary N) is 2. The predicted molar refractivity (Wildman–Crippen MR) is 108 cm³/mol. The van der Waals surface area contributed by atoms with Crippen molar-refractivity contribution in [3.63, 3.8) is 0 Å². The van der Waals surface area contributed by atoms with E-state index in [0.29, 0.717) is 5.11 Å². The van der Waals surface area contributed by atoms with Crippen molar-refractivity contribution in [2.45, 2.75) is 12.5 Å². The van der Waals surface area contributed by atoms with Crippen molar-refractivity contribution in [3.05, 3.63) is 65.7 Å². The van der Waals surface area contributed by atoms with Crippen LogP contribution in [-0.4, -0.2) is 44.3 Å². The minimum atomic E-state index is 0.280. The number of rotatable bonds is 8. The molecule has 0 aliphatic heterocycles. The summed E-state index contributed by atoms with van der Waals surface area (Å²) in [5, 5.41) is 7.29. The molecule has 0 aliphatic rings. The number of methoxy groups -OCH3 is 1. The monoisotopic (exact) mass is 357 g/mol. The number of benzene rings is 2. The van der Waals surface area contributed by atoms with Crippen LogP contribution in [0.15, 0.2) is 54.6 Å². The van der Waals surface area contributed by atoms with Gasteiger partial charge in [-0.25, -0.2) is 0 Å². The van der Waals surface area contributed by atoms with Crippen LogP contribution in [0, 0.1) is 0 Å². The molecule has 2 aromatic carbocycles. The zero-order chi connectivity index (χ0) is 18.1. The van der Waals surface area contributed by atoms with Gasteiger partial charge in [-0.3, -0.25) is 0 Å². The molecule has 1 unspecified atom stereocenters. The summed E-state index contributed by atoms with van der Waals surface area (Å²) in [7, 11) is 5.84. The molecule has 0 amide bonds. The third-order valence-corrected chi connectivity index (χ3v) is 4.41. The number of thiocarbonyl (C=S) groups is 1. The van der Waals surface area contributed by atoms with Gasteiger partial charge in [-0.05, 0) is 56.0 Å². The maximum atomic E-state index is 5.40. The lowest BCUT2D eigenvalue weighted by atomic mass is 10.1. The van der Waals surface area contributed by atoms with E-state index in [2.05, 4.69) is 66.0 Å². The third kappa shape index (κ3) is 6.36. The first-order chi connectivity index (χ1) is 12.1. The number of hydrogen-bond acceptors (Lipinski definition) is 3. The highest BCUT2D eigenvalue weighted by Gasteiger charge is 2.13. The second-order valence-electron chi connectivity index (χ2n) is 6.12. The van der Waals surface area contributed by atoms with Crippen LogP contribution in [0.25, 0.3) is 0 Å². The molecule has 134 valence electrons. The van der Waals surface area contributed by atoms with E-state index in [1.807, 2.05) is 18.2 Å². The Kier molecular flexibility index (Phi) is 7.70. The minimum absolute atomic E-state index is 0.280. The van der Waals surface area contributed by atoms with E-state index in [1.54, 1.807) is 7.11 Å². The van der Waals surface area contributed by atoms with Crippen molar-refractivity contribution in [1.29, 1.82) is 0 Å². The first-order valence-electron chi connectivity index (χ1n) is 8.46. The van der Waals surface area contributed by atoms with E-state index in [1.165, 1.54) is 11.1 Å². The van der Waals surface area contributed by atoms with Crippen molar-refractivity contribution in [2.75, 3.05) is 34.3 Å². The van der Waals surface area contributed by atoms with E-state index in [4.69, 9.17) is 17.0 Å². The van der Waals surface area contributed by atoms with Crippen LogP contribution in [0.1, 0.15) is 17.2 Å². The Balaban J connectivity index is 1.75. The fourth-order valence-corrected chi connectivity index (χ4v) is 2.82. The van der Waals surface area contributed by atoms with Gasteiger partial charge in [0.1, 0.15) is 5.75 Å². The Labute approximate surface area is 156 Å². The van der Waals surface area contributed by atoms with Crippen molar-refractivity contribution in [3.8, 4) is 5.75 Å². The average molecular weight is 358 g/mol. The Morgan fingerprint density at radius 2 is 1.72 bits per heavy atom. The lowest BCUT2D eigenvalue weighted by Gasteiger charge is -2.25. The first-order valence-corrected chi connectivity index (χ1v) is 8.87. The molecule has 25 heavy (non-hydrogen) atoms. The summed E-state index contributed by atoms with van der Waals surface area (Å²) in [5.74, 6) is 0.879. The number of nitrogens with zero attached hydrogens (tertiary/aromatic N) is 1. The molecule has 0 aliphatic carbocycles. The Hall–Kier alpha value is -2.11. The molecular formula is C20H27N3OS. The fourth-order valence-electron chi connectivity index (χ4n) is 2.64.